The van der Waals surface area contributed by atoms with Crippen molar-refractivity contribution < 1.29 is 9.53 Å². The van der Waals surface area contributed by atoms with Crippen LogP contribution in [0.3, 0.4) is 0 Å². The van der Waals surface area contributed by atoms with E-state index in [1.54, 1.807) is 31.1 Å². The van der Waals surface area contributed by atoms with Crippen molar-refractivity contribution in [1.29, 1.82) is 0 Å². The fourth-order valence-electron chi connectivity index (χ4n) is 2.04. The average Bonchev–Trinajstić information content (AvgIpc) is 2.52. The summed E-state index contributed by atoms with van der Waals surface area (Å²) in [7, 11) is 1.59. The molecule has 20 heavy (non-hydrogen) atoms. The molecule has 0 radical (unpaired) electrons. The molecule has 110 valence electrons. The molecule has 6 heteroatoms. The van der Waals surface area contributed by atoms with Crippen molar-refractivity contribution in [2.75, 3.05) is 26.0 Å². The number of nitrogens with zero attached hydrogens (tertiary/aromatic N) is 1. The van der Waals surface area contributed by atoms with Gasteiger partial charge in [0.1, 0.15) is 0 Å². The van der Waals surface area contributed by atoms with Crippen LogP contribution in [0.2, 0.25) is 0 Å². The number of hydrogen-bond donors (Lipinski definition) is 2. The second kappa shape index (κ2) is 8.11. The van der Waals surface area contributed by atoms with Gasteiger partial charge in [-0.05, 0) is 31.5 Å². The number of rotatable bonds is 6. The molecule has 0 bridgehead atoms. The second-order valence-corrected chi connectivity index (χ2v) is 6.03. The molecule has 0 saturated carbocycles. The average molecular weight is 295 g/mol. The largest absolute Gasteiger partial charge is 0.481 e. The van der Waals surface area contributed by atoms with Crippen LogP contribution < -0.4 is 15.4 Å². The van der Waals surface area contributed by atoms with Crippen molar-refractivity contribution in [2.45, 2.75) is 24.6 Å². The van der Waals surface area contributed by atoms with Crippen molar-refractivity contribution in [2.24, 2.45) is 0 Å². The Balaban J connectivity index is 1.66. The Morgan fingerprint density at radius 1 is 1.50 bits per heavy atom. The number of ether oxygens (including phenoxy) is 1. The van der Waals surface area contributed by atoms with Crippen molar-refractivity contribution in [3.63, 3.8) is 0 Å². The van der Waals surface area contributed by atoms with E-state index in [4.69, 9.17) is 4.74 Å². The van der Waals surface area contributed by atoms with Gasteiger partial charge in [-0.3, -0.25) is 4.79 Å². The first-order valence-electron chi connectivity index (χ1n) is 6.86. The number of methoxy groups -OCH3 is 1. The zero-order chi connectivity index (χ0) is 14.2. The lowest BCUT2D eigenvalue weighted by atomic mass is 10.2. The summed E-state index contributed by atoms with van der Waals surface area (Å²) >= 11 is 1.76. The summed E-state index contributed by atoms with van der Waals surface area (Å²) in [5, 5.41) is 6.86. The maximum Gasteiger partial charge on any atom is 0.230 e. The fraction of sp³-hybridized carbons (Fsp3) is 0.571. The third-order valence-electron chi connectivity index (χ3n) is 3.23. The molecule has 0 spiro atoms. The minimum absolute atomic E-state index is 0.0874. The summed E-state index contributed by atoms with van der Waals surface area (Å²) in [6.07, 6.45) is 4.03. The second-order valence-electron chi connectivity index (χ2n) is 4.75. The highest BCUT2D eigenvalue weighted by atomic mass is 32.2. The first-order valence-corrected chi connectivity index (χ1v) is 7.91. The molecule has 1 aliphatic heterocycles. The molecule has 1 amide bonds. The number of carbonyl (C=O) groups excluding carboxylic acids is 1. The number of amides is 1. The van der Waals surface area contributed by atoms with Gasteiger partial charge in [0, 0.05) is 24.1 Å². The van der Waals surface area contributed by atoms with Gasteiger partial charge in [-0.15, -0.1) is 11.8 Å². The highest BCUT2D eigenvalue weighted by Gasteiger charge is 2.14. The van der Waals surface area contributed by atoms with E-state index < -0.39 is 0 Å². The fourth-order valence-corrected chi connectivity index (χ4v) is 3.10. The lowest BCUT2D eigenvalue weighted by Crippen LogP contribution is -2.31. The van der Waals surface area contributed by atoms with E-state index in [1.807, 2.05) is 6.07 Å². The molecular formula is C14H21N3O2S. The summed E-state index contributed by atoms with van der Waals surface area (Å²) in [5.74, 6) is 1.21. The van der Waals surface area contributed by atoms with Gasteiger partial charge in [-0.25, -0.2) is 4.98 Å². The smallest absolute Gasteiger partial charge is 0.230 e. The molecule has 1 saturated heterocycles. The van der Waals surface area contributed by atoms with Crippen LogP contribution in [-0.4, -0.2) is 42.1 Å². The highest BCUT2D eigenvalue weighted by Crippen LogP contribution is 2.19. The number of pyridine rings is 1. The molecule has 1 aliphatic rings. The SMILES string of the molecule is COc1ccc(CNC(=O)CSC2CCNCC2)cn1. The van der Waals surface area contributed by atoms with Gasteiger partial charge in [0.15, 0.2) is 0 Å². The molecule has 2 N–H and O–H groups in total. The topological polar surface area (TPSA) is 63.2 Å². The van der Waals surface area contributed by atoms with Crippen LogP contribution in [0.5, 0.6) is 5.88 Å². The normalized spacial score (nSPS) is 15.8. The molecule has 2 heterocycles. The molecule has 0 unspecified atom stereocenters. The van der Waals surface area contributed by atoms with Gasteiger partial charge in [0.25, 0.3) is 0 Å². The minimum atomic E-state index is 0.0874. The molecule has 0 aliphatic carbocycles. The Morgan fingerprint density at radius 2 is 2.30 bits per heavy atom. The number of nitrogens with one attached hydrogen (secondary N) is 2. The molecule has 5 nitrogen and oxygen atoms in total. The summed E-state index contributed by atoms with van der Waals surface area (Å²) in [6, 6.07) is 3.71. The Labute approximate surface area is 123 Å². The predicted molar refractivity (Wildman–Crippen MR) is 81.0 cm³/mol. The van der Waals surface area contributed by atoms with E-state index in [-0.39, 0.29) is 5.91 Å². The predicted octanol–water partition coefficient (Wildman–Crippen LogP) is 1.19. The summed E-state index contributed by atoms with van der Waals surface area (Å²) < 4.78 is 4.99. The first kappa shape index (κ1) is 15.1. The van der Waals surface area contributed by atoms with Crippen LogP contribution in [0.15, 0.2) is 18.3 Å². The maximum absolute atomic E-state index is 11.8. The number of carbonyl (C=O) groups is 1. The van der Waals surface area contributed by atoms with Crippen LogP contribution >= 0.6 is 11.8 Å². The highest BCUT2D eigenvalue weighted by molar-refractivity contribution is 8.00. The van der Waals surface area contributed by atoms with Crippen molar-refractivity contribution >= 4 is 17.7 Å². The van der Waals surface area contributed by atoms with E-state index in [9.17, 15) is 4.79 Å². The molecule has 2 rings (SSSR count). The van der Waals surface area contributed by atoms with Crippen LogP contribution in [-0.2, 0) is 11.3 Å². The van der Waals surface area contributed by atoms with Gasteiger partial charge in [0.2, 0.25) is 11.8 Å². The monoisotopic (exact) mass is 295 g/mol. The third-order valence-corrected chi connectivity index (χ3v) is 4.60. The number of aromatic nitrogens is 1. The molecule has 1 fully saturated rings. The van der Waals surface area contributed by atoms with E-state index >= 15 is 0 Å². The number of hydrogen-bond acceptors (Lipinski definition) is 5. The minimum Gasteiger partial charge on any atom is -0.481 e. The maximum atomic E-state index is 11.8. The van der Waals surface area contributed by atoms with Crippen molar-refractivity contribution in [1.82, 2.24) is 15.6 Å². The van der Waals surface area contributed by atoms with Crippen LogP contribution in [0.1, 0.15) is 18.4 Å². The molecule has 1 aromatic heterocycles. The van der Waals surface area contributed by atoms with Gasteiger partial charge >= 0.3 is 0 Å². The molecule has 1 aromatic rings. The van der Waals surface area contributed by atoms with E-state index in [0.717, 1.165) is 31.5 Å². The van der Waals surface area contributed by atoms with Crippen molar-refractivity contribution in [3.05, 3.63) is 23.9 Å². The Hall–Kier alpha value is -1.27. The number of piperidine rings is 1. The van der Waals surface area contributed by atoms with Gasteiger partial charge in [-0.1, -0.05) is 6.07 Å². The lowest BCUT2D eigenvalue weighted by Gasteiger charge is -2.21. The van der Waals surface area contributed by atoms with Gasteiger partial charge in [-0.2, -0.15) is 0 Å². The van der Waals surface area contributed by atoms with E-state index in [0.29, 0.717) is 23.4 Å². The molecule has 0 atom stereocenters. The van der Waals surface area contributed by atoms with Crippen LogP contribution in [0.4, 0.5) is 0 Å². The van der Waals surface area contributed by atoms with Crippen LogP contribution in [0.25, 0.3) is 0 Å². The Kier molecular flexibility index (Phi) is 6.14. The standard InChI is InChI=1S/C14H21N3O2S/c1-19-14-3-2-11(9-17-14)8-16-13(18)10-20-12-4-6-15-7-5-12/h2-3,9,12,15H,4-8,10H2,1H3,(H,16,18). The molecule has 0 aromatic carbocycles. The first-order chi connectivity index (χ1) is 9.78. The quantitative estimate of drug-likeness (QED) is 0.825. The van der Waals surface area contributed by atoms with E-state index in [2.05, 4.69) is 15.6 Å². The van der Waals surface area contributed by atoms with Gasteiger partial charge < -0.3 is 15.4 Å². The van der Waals surface area contributed by atoms with E-state index in [1.165, 1.54) is 0 Å². The van der Waals surface area contributed by atoms with Crippen molar-refractivity contribution in [3.8, 4) is 5.88 Å². The van der Waals surface area contributed by atoms with Crippen LogP contribution in [0, 0.1) is 0 Å². The third kappa shape index (κ3) is 5.02. The Bertz CT molecular complexity index is 419. The zero-order valence-electron chi connectivity index (χ0n) is 11.7. The zero-order valence-corrected chi connectivity index (χ0v) is 12.5. The summed E-state index contributed by atoms with van der Waals surface area (Å²) in [6.45, 7) is 2.65. The summed E-state index contributed by atoms with van der Waals surface area (Å²) in [4.78, 5) is 15.9. The number of thioether (sulfide) groups is 1. The lowest BCUT2D eigenvalue weighted by molar-refractivity contribution is -0.118. The summed E-state index contributed by atoms with van der Waals surface area (Å²) in [5.41, 5.74) is 0.978. The molecular weight excluding hydrogens is 274 g/mol. The Morgan fingerprint density at radius 3 is 2.95 bits per heavy atom. The van der Waals surface area contributed by atoms with Gasteiger partial charge in [0.05, 0.1) is 12.9 Å².